The van der Waals surface area contributed by atoms with E-state index in [-0.39, 0.29) is 13.0 Å². The lowest BCUT2D eigenvalue weighted by atomic mass is 10.1. The average Bonchev–Trinajstić information content (AvgIpc) is 2.23. The molecule has 18 heavy (non-hydrogen) atoms. The SMILES string of the molecule is Cc1cc(C)c(S(=O)(=O)N(C)CCC#N)c(C)c1. The standard InChI is InChI=1S/C13H18N2O2S/c1-10-8-11(2)13(12(3)9-10)18(16,17)15(4)7-5-6-14/h8-9H,5,7H2,1-4H3. The minimum atomic E-state index is -3.51. The summed E-state index contributed by atoms with van der Waals surface area (Å²) in [5, 5.41) is 8.53. The van der Waals surface area contributed by atoms with E-state index in [1.807, 2.05) is 25.1 Å². The summed E-state index contributed by atoms with van der Waals surface area (Å²) in [6, 6.07) is 5.67. The van der Waals surface area contributed by atoms with Crippen molar-refractivity contribution < 1.29 is 8.42 Å². The van der Waals surface area contributed by atoms with E-state index in [2.05, 4.69) is 0 Å². The van der Waals surface area contributed by atoms with E-state index in [0.717, 1.165) is 16.7 Å². The van der Waals surface area contributed by atoms with Crippen LogP contribution in [0.4, 0.5) is 0 Å². The number of nitrogens with zero attached hydrogens (tertiary/aromatic N) is 2. The number of rotatable bonds is 4. The molecule has 4 nitrogen and oxygen atoms in total. The highest BCUT2D eigenvalue weighted by Gasteiger charge is 2.24. The normalized spacial score (nSPS) is 11.6. The summed E-state index contributed by atoms with van der Waals surface area (Å²) in [5.41, 5.74) is 2.54. The van der Waals surface area contributed by atoms with Gasteiger partial charge in [-0.2, -0.15) is 9.57 Å². The maximum atomic E-state index is 12.4. The zero-order chi connectivity index (χ0) is 13.9. The summed E-state index contributed by atoms with van der Waals surface area (Å²) in [6.07, 6.45) is 0.194. The van der Waals surface area contributed by atoms with Crippen LogP contribution in [0.25, 0.3) is 0 Å². The molecule has 0 aromatic heterocycles. The summed E-state index contributed by atoms with van der Waals surface area (Å²) < 4.78 is 26.1. The first-order valence-corrected chi connectivity index (χ1v) is 7.16. The van der Waals surface area contributed by atoms with Gasteiger partial charge < -0.3 is 0 Å². The van der Waals surface area contributed by atoms with Gasteiger partial charge in [0.05, 0.1) is 11.0 Å². The molecular formula is C13H18N2O2S. The second-order valence-corrected chi connectivity index (χ2v) is 6.44. The first-order chi connectivity index (χ1) is 8.30. The third-order valence-corrected chi connectivity index (χ3v) is 4.97. The van der Waals surface area contributed by atoms with Gasteiger partial charge in [-0.25, -0.2) is 8.42 Å². The Labute approximate surface area is 109 Å². The van der Waals surface area contributed by atoms with Crippen molar-refractivity contribution in [1.82, 2.24) is 4.31 Å². The Balaban J connectivity index is 3.26. The third kappa shape index (κ3) is 2.89. The second kappa shape index (κ2) is 5.51. The molecule has 0 unspecified atom stereocenters. The number of nitriles is 1. The van der Waals surface area contributed by atoms with Gasteiger partial charge in [0.25, 0.3) is 0 Å². The Hall–Kier alpha value is -1.38. The topological polar surface area (TPSA) is 61.2 Å². The lowest BCUT2D eigenvalue weighted by molar-refractivity contribution is 0.475. The van der Waals surface area contributed by atoms with Crippen molar-refractivity contribution in [2.75, 3.05) is 13.6 Å². The van der Waals surface area contributed by atoms with Gasteiger partial charge in [-0.1, -0.05) is 17.7 Å². The van der Waals surface area contributed by atoms with Crippen LogP contribution in [0.2, 0.25) is 0 Å². The van der Waals surface area contributed by atoms with Crippen molar-refractivity contribution in [2.24, 2.45) is 0 Å². The molecule has 0 atom stereocenters. The molecular weight excluding hydrogens is 248 g/mol. The van der Waals surface area contributed by atoms with Crippen molar-refractivity contribution >= 4 is 10.0 Å². The molecule has 5 heteroatoms. The van der Waals surface area contributed by atoms with Crippen molar-refractivity contribution in [3.8, 4) is 6.07 Å². The third-order valence-electron chi connectivity index (χ3n) is 2.81. The van der Waals surface area contributed by atoms with Crippen LogP contribution in [0.5, 0.6) is 0 Å². The second-order valence-electron chi connectivity index (χ2n) is 4.46. The van der Waals surface area contributed by atoms with E-state index < -0.39 is 10.0 Å². The van der Waals surface area contributed by atoms with Crippen LogP contribution < -0.4 is 0 Å². The molecule has 0 aliphatic rings. The Morgan fingerprint density at radius 2 is 1.72 bits per heavy atom. The summed E-state index contributed by atoms with van der Waals surface area (Å²) in [6.45, 7) is 5.75. The van der Waals surface area contributed by atoms with E-state index >= 15 is 0 Å². The predicted molar refractivity (Wildman–Crippen MR) is 70.7 cm³/mol. The minimum Gasteiger partial charge on any atom is -0.207 e. The van der Waals surface area contributed by atoms with Gasteiger partial charge in [0, 0.05) is 20.0 Å². The van der Waals surface area contributed by atoms with Gasteiger partial charge in [0.15, 0.2) is 0 Å². The highest BCUT2D eigenvalue weighted by molar-refractivity contribution is 7.89. The summed E-state index contributed by atoms with van der Waals surface area (Å²) in [5.74, 6) is 0. The molecule has 0 bridgehead atoms. The van der Waals surface area contributed by atoms with Crippen LogP contribution in [0.1, 0.15) is 23.1 Å². The lowest BCUT2D eigenvalue weighted by Gasteiger charge is -2.19. The number of benzene rings is 1. The predicted octanol–water partition coefficient (Wildman–Crippen LogP) is 2.15. The maximum absolute atomic E-state index is 12.4. The van der Waals surface area contributed by atoms with Gasteiger partial charge in [0.1, 0.15) is 0 Å². The monoisotopic (exact) mass is 266 g/mol. The Morgan fingerprint density at radius 1 is 1.22 bits per heavy atom. The molecule has 0 heterocycles. The molecule has 0 fully saturated rings. The number of hydrogen-bond donors (Lipinski definition) is 0. The van der Waals surface area contributed by atoms with Gasteiger partial charge >= 0.3 is 0 Å². The highest BCUT2D eigenvalue weighted by atomic mass is 32.2. The Bertz CT molecular complexity index is 562. The molecule has 1 aromatic carbocycles. The Kier molecular flexibility index (Phi) is 4.49. The molecule has 98 valence electrons. The van der Waals surface area contributed by atoms with Crippen molar-refractivity contribution in [3.05, 3.63) is 28.8 Å². The van der Waals surface area contributed by atoms with E-state index in [4.69, 9.17) is 5.26 Å². The smallest absolute Gasteiger partial charge is 0.207 e. The van der Waals surface area contributed by atoms with Crippen LogP contribution in [0.3, 0.4) is 0 Å². The van der Waals surface area contributed by atoms with Crippen LogP contribution >= 0.6 is 0 Å². The maximum Gasteiger partial charge on any atom is 0.243 e. The molecule has 0 aliphatic heterocycles. The van der Waals surface area contributed by atoms with Crippen molar-refractivity contribution in [3.63, 3.8) is 0 Å². The quantitative estimate of drug-likeness (QED) is 0.839. The minimum absolute atomic E-state index is 0.194. The van der Waals surface area contributed by atoms with Gasteiger partial charge in [-0.3, -0.25) is 0 Å². The van der Waals surface area contributed by atoms with Crippen LogP contribution in [-0.4, -0.2) is 26.3 Å². The fourth-order valence-corrected chi connectivity index (χ4v) is 3.63. The van der Waals surface area contributed by atoms with Gasteiger partial charge in [-0.15, -0.1) is 0 Å². The summed E-state index contributed by atoms with van der Waals surface area (Å²) in [7, 11) is -2.00. The van der Waals surface area contributed by atoms with E-state index in [9.17, 15) is 8.42 Å². The fourth-order valence-electron chi connectivity index (χ4n) is 2.06. The van der Waals surface area contributed by atoms with Crippen LogP contribution in [0, 0.1) is 32.1 Å². The Morgan fingerprint density at radius 3 is 2.17 bits per heavy atom. The molecule has 1 aromatic rings. The average molecular weight is 266 g/mol. The van der Waals surface area contributed by atoms with E-state index in [0.29, 0.717) is 4.90 Å². The first kappa shape index (κ1) is 14.7. The number of sulfonamides is 1. The zero-order valence-corrected chi connectivity index (χ0v) is 12.0. The number of hydrogen-bond acceptors (Lipinski definition) is 3. The molecule has 0 saturated carbocycles. The zero-order valence-electron chi connectivity index (χ0n) is 11.2. The molecule has 1 rings (SSSR count). The van der Waals surface area contributed by atoms with Crippen LogP contribution in [-0.2, 0) is 10.0 Å². The summed E-state index contributed by atoms with van der Waals surface area (Å²) in [4.78, 5) is 0.355. The lowest BCUT2D eigenvalue weighted by Crippen LogP contribution is -2.29. The van der Waals surface area contributed by atoms with Gasteiger partial charge in [-0.05, 0) is 31.9 Å². The molecule has 0 saturated heterocycles. The molecule has 0 amide bonds. The van der Waals surface area contributed by atoms with Crippen molar-refractivity contribution in [1.29, 1.82) is 5.26 Å². The van der Waals surface area contributed by atoms with Crippen LogP contribution in [0.15, 0.2) is 17.0 Å². The van der Waals surface area contributed by atoms with Gasteiger partial charge in [0.2, 0.25) is 10.0 Å². The highest BCUT2D eigenvalue weighted by Crippen LogP contribution is 2.24. The largest absolute Gasteiger partial charge is 0.243 e. The van der Waals surface area contributed by atoms with Crippen molar-refractivity contribution in [2.45, 2.75) is 32.1 Å². The first-order valence-electron chi connectivity index (χ1n) is 5.72. The number of aryl methyl sites for hydroxylation is 3. The fraction of sp³-hybridized carbons (Fsp3) is 0.462. The molecule has 0 spiro atoms. The molecule has 0 N–H and O–H groups in total. The summed E-state index contributed by atoms with van der Waals surface area (Å²) >= 11 is 0. The molecule has 0 radical (unpaired) electrons. The van der Waals surface area contributed by atoms with E-state index in [1.165, 1.54) is 11.4 Å². The van der Waals surface area contributed by atoms with E-state index in [1.54, 1.807) is 13.8 Å². The molecule has 0 aliphatic carbocycles.